The summed E-state index contributed by atoms with van der Waals surface area (Å²) < 4.78 is 0. The summed E-state index contributed by atoms with van der Waals surface area (Å²) in [6.07, 6.45) is 6.11. The number of primary amides is 1. The molecule has 72 valence electrons. The lowest BCUT2D eigenvalue weighted by Crippen LogP contribution is -2.28. The molecule has 2 bridgehead atoms. The van der Waals surface area contributed by atoms with Gasteiger partial charge in [0.2, 0.25) is 0 Å². The fourth-order valence-corrected chi connectivity index (χ4v) is 2.47. The molecule has 2 saturated carbocycles. The maximum absolute atomic E-state index is 10.5. The number of fused-ring (bicyclic) bond motifs is 2. The molecule has 0 aromatic rings. The highest BCUT2D eigenvalue weighted by Crippen LogP contribution is 2.40. The monoisotopic (exact) mass is 181 g/mol. The first-order valence-electron chi connectivity index (χ1n) is 4.87. The number of rotatable bonds is 1. The zero-order valence-corrected chi connectivity index (χ0v) is 7.62. The molecule has 2 fully saturated rings. The first-order chi connectivity index (χ1) is 6.25. The highest BCUT2D eigenvalue weighted by atomic mass is 16.2. The van der Waals surface area contributed by atoms with E-state index >= 15 is 0 Å². The standard InChI is InChI=1S/C9H15N3O/c10-9(13)12-11-8-4-2-6-1-3-7(8)5-6/h6-7H,1-5H2,(H3,10,12,13). The van der Waals surface area contributed by atoms with E-state index in [9.17, 15) is 4.79 Å². The third-order valence-electron chi connectivity index (χ3n) is 3.13. The van der Waals surface area contributed by atoms with E-state index < -0.39 is 6.03 Å². The Morgan fingerprint density at radius 2 is 2.31 bits per heavy atom. The number of nitrogens with zero attached hydrogens (tertiary/aromatic N) is 1. The van der Waals surface area contributed by atoms with Gasteiger partial charge >= 0.3 is 6.03 Å². The number of nitrogens with one attached hydrogen (secondary N) is 1. The van der Waals surface area contributed by atoms with Gasteiger partial charge in [0.05, 0.1) is 0 Å². The number of hydrogen-bond acceptors (Lipinski definition) is 2. The number of carbonyl (C=O) groups excluding carboxylic acids is 1. The summed E-state index contributed by atoms with van der Waals surface area (Å²) in [6, 6.07) is -0.562. The van der Waals surface area contributed by atoms with E-state index in [0.29, 0.717) is 5.92 Å². The van der Waals surface area contributed by atoms with Crippen molar-refractivity contribution < 1.29 is 4.79 Å². The van der Waals surface area contributed by atoms with E-state index in [1.165, 1.54) is 25.7 Å². The maximum atomic E-state index is 10.5. The zero-order valence-electron chi connectivity index (χ0n) is 7.62. The lowest BCUT2D eigenvalue weighted by atomic mass is 9.88. The normalized spacial score (nSPS) is 34.9. The van der Waals surface area contributed by atoms with Gasteiger partial charge in [0.15, 0.2) is 0 Å². The third kappa shape index (κ3) is 1.82. The molecule has 0 aliphatic heterocycles. The molecule has 4 nitrogen and oxygen atoms in total. The Kier molecular flexibility index (Phi) is 2.20. The Morgan fingerprint density at radius 3 is 3.08 bits per heavy atom. The molecule has 4 heteroatoms. The summed E-state index contributed by atoms with van der Waals surface area (Å²) in [4.78, 5) is 10.5. The molecule has 0 radical (unpaired) electrons. The highest BCUT2D eigenvalue weighted by Gasteiger charge is 2.32. The predicted octanol–water partition coefficient (Wildman–Crippen LogP) is 1.22. The Bertz CT molecular complexity index is 249. The van der Waals surface area contributed by atoms with Crippen LogP contribution in [-0.2, 0) is 0 Å². The number of amides is 2. The van der Waals surface area contributed by atoms with Crippen molar-refractivity contribution >= 4 is 11.7 Å². The third-order valence-corrected chi connectivity index (χ3v) is 3.13. The summed E-state index contributed by atoms with van der Waals surface area (Å²) in [5.41, 5.74) is 8.42. The number of nitrogens with two attached hydrogens (primary N) is 1. The lowest BCUT2D eigenvalue weighted by molar-refractivity contribution is 0.249. The van der Waals surface area contributed by atoms with Crippen molar-refractivity contribution in [3.05, 3.63) is 0 Å². The molecule has 2 aliphatic rings. The van der Waals surface area contributed by atoms with Gasteiger partial charge in [0.1, 0.15) is 0 Å². The average molecular weight is 181 g/mol. The van der Waals surface area contributed by atoms with Gasteiger partial charge in [0.25, 0.3) is 0 Å². The molecule has 0 saturated heterocycles. The fraction of sp³-hybridized carbons (Fsp3) is 0.778. The van der Waals surface area contributed by atoms with E-state index in [2.05, 4.69) is 10.5 Å². The van der Waals surface area contributed by atoms with Crippen LogP contribution >= 0.6 is 0 Å². The van der Waals surface area contributed by atoms with Crippen molar-refractivity contribution in [2.75, 3.05) is 0 Å². The topological polar surface area (TPSA) is 67.5 Å². The van der Waals surface area contributed by atoms with E-state index in [0.717, 1.165) is 18.1 Å². The van der Waals surface area contributed by atoms with Gasteiger partial charge in [-0.1, -0.05) is 0 Å². The SMILES string of the molecule is NC(=O)NN=C1CCC2CCC1C2. The average Bonchev–Trinajstić information content (AvgIpc) is 2.47. The smallest absolute Gasteiger partial charge is 0.332 e. The molecule has 13 heavy (non-hydrogen) atoms. The van der Waals surface area contributed by atoms with Crippen LogP contribution in [0.3, 0.4) is 0 Å². The molecule has 2 amide bonds. The summed E-state index contributed by atoms with van der Waals surface area (Å²) in [7, 11) is 0. The quantitative estimate of drug-likeness (QED) is 0.587. The van der Waals surface area contributed by atoms with Gasteiger partial charge in [-0.25, -0.2) is 10.2 Å². The minimum atomic E-state index is -0.562. The van der Waals surface area contributed by atoms with Crippen molar-refractivity contribution in [3.8, 4) is 0 Å². The molecule has 0 heterocycles. The summed E-state index contributed by atoms with van der Waals surface area (Å²) in [5, 5.41) is 4.05. The minimum Gasteiger partial charge on any atom is -0.350 e. The fourth-order valence-electron chi connectivity index (χ4n) is 2.47. The Labute approximate surface area is 77.6 Å². The molecule has 2 atom stereocenters. The minimum absolute atomic E-state index is 0.562. The van der Waals surface area contributed by atoms with Crippen LogP contribution in [0.25, 0.3) is 0 Å². The second-order valence-corrected chi connectivity index (χ2v) is 3.99. The van der Waals surface area contributed by atoms with Crippen molar-refractivity contribution in [2.45, 2.75) is 32.1 Å². The second-order valence-electron chi connectivity index (χ2n) is 3.99. The first-order valence-corrected chi connectivity index (χ1v) is 4.87. The highest BCUT2D eigenvalue weighted by molar-refractivity contribution is 5.88. The molecule has 2 aliphatic carbocycles. The van der Waals surface area contributed by atoms with Crippen LogP contribution in [0.2, 0.25) is 0 Å². The molecule has 0 aromatic heterocycles. The van der Waals surface area contributed by atoms with Gasteiger partial charge in [0, 0.05) is 5.71 Å². The van der Waals surface area contributed by atoms with Crippen molar-refractivity contribution in [3.63, 3.8) is 0 Å². The maximum Gasteiger partial charge on any atom is 0.332 e. The number of carbonyl (C=O) groups is 1. The molecule has 2 unspecified atom stereocenters. The second kappa shape index (κ2) is 3.36. The summed E-state index contributed by atoms with van der Waals surface area (Å²) in [6.45, 7) is 0. The largest absolute Gasteiger partial charge is 0.350 e. The van der Waals surface area contributed by atoms with Gasteiger partial charge in [-0.2, -0.15) is 5.10 Å². The van der Waals surface area contributed by atoms with Gasteiger partial charge in [-0.05, 0) is 43.9 Å². The Morgan fingerprint density at radius 1 is 1.46 bits per heavy atom. The molecule has 0 aromatic carbocycles. The van der Waals surface area contributed by atoms with Crippen LogP contribution in [0.1, 0.15) is 32.1 Å². The number of hydrogen-bond donors (Lipinski definition) is 2. The zero-order chi connectivity index (χ0) is 9.26. The predicted molar refractivity (Wildman–Crippen MR) is 50.2 cm³/mol. The molecular formula is C9H15N3O. The summed E-state index contributed by atoms with van der Waals surface area (Å²) in [5.74, 6) is 1.53. The van der Waals surface area contributed by atoms with Gasteiger partial charge in [-0.3, -0.25) is 0 Å². The van der Waals surface area contributed by atoms with Crippen LogP contribution in [0.4, 0.5) is 4.79 Å². The van der Waals surface area contributed by atoms with Gasteiger partial charge in [-0.15, -0.1) is 0 Å². The van der Waals surface area contributed by atoms with E-state index in [1.54, 1.807) is 0 Å². The van der Waals surface area contributed by atoms with Crippen molar-refractivity contribution in [1.82, 2.24) is 5.43 Å². The number of urea groups is 1. The molecular weight excluding hydrogens is 166 g/mol. The Hall–Kier alpha value is -1.06. The van der Waals surface area contributed by atoms with Crippen molar-refractivity contribution in [1.29, 1.82) is 0 Å². The van der Waals surface area contributed by atoms with Crippen LogP contribution in [0.5, 0.6) is 0 Å². The lowest BCUT2D eigenvalue weighted by Gasteiger charge is -2.20. The van der Waals surface area contributed by atoms with Crippen LogP contribution in [0.15, 0.2) is 5.10 Å². The van der Waals surface area contributed by atoms with Crippen LogP contribution in [-0.4, -0.2) is 11.7 Å². The summed E-state index contributed by atoms with van der Waals surface area (Å²) >= 11 is 0. The van der Waals surface area contributed by atoms with Gasteiger partial charge < -0.3 is 5.73 Å². The molecule has 0 spiro atoms. The van der Waals surface area contributed by atoms with Crippen LogP contribution < -0.4 is 11.2 Å². The van der Waals surface area contributed by atoms with E-state index in [4.69, 9.17) is 5.73 Å². The first kappa shape index (κ1) is 8.53. The molecule has 2 rings (SSSR count). The Balaban J connectivity index is 1.99. The number of hydrazone groups is 1. The van der Waals surface area contributed by atoms with E-state index in [1.807, 2.05) is 0 Å². The van der Waals surface area contributed by atoms with E-state index in [-0.39, 0.29) is 0 Å². The van der Waals surface area contributed by atoms with Crippen molar-refractivity contribution in [2.24, 2.45) is 22.7 Å². The molecule has 3 N–H and O–H groups in total. The van der Waals surface area contributed by atoms with Crippen LogP contribution in [0, 0.1) is 11.8 Å².